The third-order valence-corrected chi connectivity index (χ3v) is 4.34. The molecule has 2 aromatic carbocycles. The Morgan fingerprint density at radius 3 is 2.62 bits per heavy atom. The van der Waals surface area contributed by atoms with Gasteiger partial charge in [-0.25, -0.2) is 4.79 Å². The largest absolute Gasteiger partial charge is 0.495 e. The van der Waals surface area contributed by atoms with Crippen molar-refractivity contribution in [1.82, 2.24) is 0 Å². The predicted octanol–water partition coefficient (Wildman–Crippen LogP) is 4.93. The van der Waals surface area contributed by atoms with E-state index in [1.54, 1.807) is 19.2 Å². The molecule has 0 spiro atoms. The lowest BCUT2D eigenvalue weighted by molar-refractivity contribution is 0.0697. The minimum atomic E-state index is -0.985. The molecule has 0 atom stereocenters. The van der Waals surface area contributed by atoms with Crippen molar-refractivity contribution >= 4 is 43.5 Å². The molecule has 0 heterocycles. The van der Waals surface area contributed by atoms with Crippen LogP contribution in [-0.2, 0) is 6.54 Å². The summed E-state index contributed by atoms with van der Waals surface area (Å²) in [5.41, 5.74) is 1.73. The minimum absolute atomic E-state index is 0.193. The summed E-state index contributed by atoms with van der Waals surface area (Å²) in [7, 11) is 1.54. The molecule has 5 nitrogen and oxygen atoms in total. The molecule has 0 aliphatic carbocycles. The first-order chi connectivity index (χ1) is 11.5. The normalized spacial score (nSPS) is 10.3. The van der Waals surface area contributed by atoms with E-state index in [1.807, 2.05) is 19.1 Å². The van der Waals surface area contributed by atoms with E-state index in [0.717, 1.165) is 20.3 Å². The summed E-state index contributed by atoms with van der Waals surface area (Å²) in [5.74, 6) is 0.342. The second kappa shape index (κ2) is 8.39. The summed E-state index contributed by atoms with van der Waals surface area (Å²) >= 11 is 6.97. The van der Waals surface area contributed by atoms with Crippen molar-refractivity contribution in [2.24, 2.45) is 0 Å². The fourth-order valence-electron chi connectivity index (χ4n) is 2.22. The molecule has 0 aliphatic rings. The highest BCUT2D eigenvalue weighted by Crippen LogP contribution is 2.34. The van der Waals surface area contributed by atoms with E-state index in [4.69, 9.17) is 14.6 Å². The molecule has 0 radical (unpaired) electrons. The van der Waals surface area contributed by atoms with E-state index in [9.17, 15) is 4.79 Å². The average Bonchev–Trinajstić information content (AvgIpc) is 2.55. The quantitative estimate of drug-likeness (QED) is 0.615. The average molecular weight is 459 g/mol. The second-order valence-electron chi connectivity index (χ2n) is 4.88. The maximum absolute atomic E-state index is 11.2. The summed E-state index contributed by atoms with van der Waals surface area (Å²) in [6.45, 7) is 2.92. The molecule has 0 aliphatic heterocycles. The van der Waals surface area contributed by atoms with Crippen LogP contribution in [0.1, 0.15) is 22.8 Å². The van der Waals surface area contributed by atoms with Gasteiger partial charge in [0.25, 0.3) is 0 Å². The Labute approximate surface area is 157 Å². The maximum Gasteiger partial charge on any atom is 0.335 e. The number of rotatable bonds is 7. The number of carbonyl (C=O) groups is 1. The molecular formula is C17H17Br2NO4. The lowest BCUT2D eigenvalue weighted by Gasteiger charge is -2.16. The van der Waals surface area contributed by atoms with Crippen molar-refractivity contribution in [3.05, 3.63) is 50.4 Å². The first-order valence-electron chi connectivity index (χ1n) is 7.22. The highest BCUT2D eigenvalue weighted by molar-refractivity contribution is 9.11. The van der Waals surface area contributed by atoms with E-state index < -0.39 is 5.97 Å². The molecular weight excluding hydrogens is 442 g/mol. The fraction of sp³-hybridized carbons (Fsp3) is 0.235. The maximum atomic E-state index is 11.2. The van der Waals surface area contributed by atoms with Crippen molar-refractivity contribution in [3.63, 3.8) is 0 Å². The molecule has 0 amide bonds. The summed E-state index contributed by atoms with van der Waals surface area (Å²) in [6, 6.07) is 8.56. The Morgan fingerprint density at radius 1 is 1.25 bits per heavy atom. The molecule has 0 saturated carbocycles. The van der Waals surface area contributed by atoms with Gasteiger partial charge >= 0.3 is 5.97 Å². The first-order valence-corrected chi connectivity index (χ1v) is 8.80. The second-order valence-corrected chi connectivity index (χ2v) is 6.65. The monoisotopic (exact) mass is 457 g/mol. The Balaban J connectivity index is 2.31. The van der Waals surface area contributed by atoms with E-state index in [-0.39, 0.29) is 5.56 Å². The summed E-state index contributed by atoms with van der Waals surface area (Å²) in [5, 5.41) is 12.4. The number of benzene rings is 2. The number of aromatic carboxylic acids is 1. The smallest absolute Gasteiger partial charge is 0.335 e. The van der Waals surface area contributed by atoms with Gasteiger partial charge in [-0.2, -0.15) is 0 Å². The lowest BCUT2D eigenvalue weighted by atomic mass is 10.1. The standard InChI is InChI=1S/C17H17Br2NO4/c1-3-24-16-11(6-12(18)8-13(16)19)9-20-14-7-10(17(21)22)4-5-15(14)23-2/h4-8,20H,3,9H2,1-2H3,(H,21,22). The molecule has 0 aromatic heterocycles. The van der Waals surface area contributed by atoms with Gasteiger partial charge < -0.3 is 19.9 Å². The zero-order chi connectivity index (χ0) is 17.7. The van der Waals surface area contributed by atoms with Crippen LogP contribution in [0.25, 0.3) is 0 Å². The van der Waals surface area contributed by atoms with Gasteiger partial charge in [0.05, 0.1) is 29.4 Å². The number of anilines is 1. The molecule has 24 heavy (non-hydrogen) atoms. The predicted molar refractivity (Wildman–Crippen MR) is 100 cm³/mol. The number of carboxylic acid groups (broad SMARTS) is 1. The number of ether oxygens (including phenoxy) is 2. The van der Waals surface area contributed by atoms with Crippen LogP contribution in [0.3, 0.4) is 0 Å². The van der Waals surface area contributed by atoms with Crippen molar-refractivity contribution < 1.29 is 19.4 Å². The van der Waals surface area contributed by atoms with Gasteiger partial charge in [0, 0.05) is 16.6 Å². The minimum Gasteiger partial charge on any atom is -0.495 e. The van der Waals surface area contributed by atoms with E-state index in [0.29, 0.717) is 24.6 Å². The highest BCUT2D eigenvalue weighted by Gasteiger charge is 2.13. The summed E-state index contributed by atoms with van der Waals surface area (Å²) < 4.78 is 12.8. The Hall–Kier alpha value is -1.73. The van der Waals surface area contributed by atoms with Crippen LogP contribution in [0.5, 0.6) is 11.5 Å². The van der Waals surface area contributed by atoms with Gasteiger partial charge in [-0.3, -0.25) is 0 Å². The van der Waals surface area contributed by atoms with Gasteiger partial charge in [0.15, 0.2) is 0 Å². The highest BCUT2D eigenvalue weighted by atomic mass is 79.9. The Bertz CT molecular complexity index is 750. The Kier molecular flexibility index (Phi) is 6.51. The zero-order valence-corrected chi connectivity index (χ0v) is 16.4. The fourth-order valence-corrected chi connectivity index (χ4v) is 3.65. The van der Waals surface area contributed by atoms with Crippen LogP contribution < -0.4 is 14.8 Å². The molecule has 128 valence electrons. The van der Waals surface area contributed by atoms with Crippen molar-refractivity contribution in [2.75, 3.05) is 19.0 Å². The molecule has 2 N–H and O–H groups in total. The van der Waals surface area contributed by atoms with Gasteiger partial charge in [-0.15, -0.1) is 0 Å². The van der Waals surface area contributed by atoms with Crippen LogP contribution in [0.15, 0.2) is 39.3 Å². The number of hydrogen-bond donors (Lipinski definition) is 2. The van der Waals surface area contributed by atoms with Gasteiger partial charge in [-0.1, -0.05) is 15.9 Å². The number of hydrogen-bond acceptors (Lipinski definition) is 4. The molecule has 2 rings (SSSR count). The summed E-state index contributed by atoms with van der Waals surface area (Å²) in [4.78, 5) is 11.2. The van der Waals surface area contributed by atoms with Crippen LogP contribution in [0, 0.1) is 0 Å². The van der Waals surface area contributed by atoms with Crippen LogP contribution in [-0.4, -0.2) is 24.8 Å². The number of carboxylic acids is 1. The lowest BCUT2D eigenvalue weighted by Crippen LogP contribution is -2.06. The van der Waals surface area contributed by atoms with E-state index >= 15 is 0 Å². The number of halogens is 2. The molecule has 7 heteroatoms. The van der Waals surface area contributed by atoms with Crippen LogP contribution in [0.2, 0.25) is 0 Å². The van der Waals surface area contributed by atoms with E-state index in [1.165, 1.54) is 6.07 Å². The third kappa shape index (κ3) is 4.42. The van der Waals surface area contributed by atoms with Crippen molar-refractivity contribution in [3.8, 4) is 11.5 Å². The molecule has 0 bridgehead atoms. The first kappa shape index (κ1) is 18.6. The van der Waals surface area contributed by atoms with Gasteiger partial charge in [0.2, 0.25) is 0 Å². The van der Waals surface area contributed by atoms with Crippen LogP contribution in [0.4, 0.5) is 5.69 Å². The van der Waals surface area contributed by atoms with E-state index in [2.05, 4.69) is 37.2 Å². The van der Waals surface area contributed by atoms with Gasteiger partial charge in [0.1, 0.15) is 11.5 Å². The van der Waals surface area contributed by atoms with Crippen LogP contribution >= 0.6 is 31.9 Å². The number of nitrogens with one attached hydrogen (secondary N) is 1. The molecule has 0 saturated heterocycles. The van der Waals surface area contributed by atoms with Gasteiger partial charge in [-0.05, 0) is 53.2 Å². The topological polar surface area (TPSA) is 67.8 Å². The zero-order valence-electron chi connectivity index (χ0n) is 13.2. The van der Waals surface area contributed by atoms with Crippen molar-refractivity contribution in [1.29, 1.82) is 0 Å². The SMILES string of the molecule is CCOc1c(Br)cc(Br)cc1CNc1cc(C(=O)O)ccc1OC. The number of methoxy groups -OCH3 is 1. The molecule has 0 fully saturated rings. The van der Waals surface area contributed by atoms with Crippen molar-refractivity contribution in [2.45, 2.75) is 13.5 Å². The molecule has 2 aromatic rings. The Morgan fingerprint density at radius 2 is 2.00 bits per heavy atom. The summed E-state index contributed by atoms with van der Waals surface area (Å²) in [6.07, 6.45) is 0. The third-order valence-electron chi connectivity index (χ3n) is 3.29. The molecule has 0 unspecified atom stereocenters.